The molecule has 2 rings (SSSR count). The molecule has 7 heteroatoms. The van der Waals surface area contributed by atoms with Crippen LogP contribution in [0.5, 0.6) is 11.5 Å². The number of rotatable bonds is 7. The molecule has 0 spiro atoms. The molecule has 0 aromatic heterocycles. The van der Waals surface area contributed by atoms with Gasteiger partial charge in [0.25, 0.3) is 0 Å². The lowest BCUT2D eigenvalue weighted by Gasteiger charge is -2.34. The molecule has 0 unspecified atom stereocenters. The van der Waals surface area contributed by atoms with Crippen LogP contribution in [-0.4, -0.2) is 61.7 Å². The molecule has 1 aliphatic heterocycles. The molecule has 0 saturated carbocycles. The van der Waals surface area contributed by atoms with E-state index in [1.165, 1.54) is 11.8 Å². The second-order valence-corrected chi connectivity index (χ2v) is 8.03. The molecule has 1 aromatic rings. The third-order valence-electron chi connectivity index (χ3n) is 4.35. The van der Waals surface area contributed by atoms with Crippen LogP contribution in [0.3, 0.4) is 0 Å². The summed E-state index contributed by atoms with van der Waals surface area (Å²) in [6.45, 7) is 4.13. The van der Waals surface area contributed by atoms with Crippen molar-refractivity contribution >= 4 is 23.6 Å². The summed E-state index contributed by atoms with van der Waals surface area (Å²) in [7, 11) is 6.64. The van der Waals surface area contributed by atoms with Gasteiger partial charge in [-0.15, -0.1) is 11.8 Å². The molecule has 0 aliphatic carbocycles. The summed E-state index contributed by atoms with van der Waals surface area (Å²) < 4.78 is 10.7. The fraction of sp³-hybridized carbons (Fsp3) is 0.579. The SMILES string of the molecule is COc1ccc([C@H]2SCC(=O)N2[C@H](CC(C)C)C(=O)N(C)C)cc1OC. The second kappa shape index (κ2) is 8.66. The van der Waals surface area contributed by atoms with E-state index < -0.39 is 6.04 Å². The largest absolute Gasteiger partial charge is 0.493 e. The predicted molar refractivity (Wildman–Crippen MR) is 104 cm³/mol. The summed E-state index contributed by atoms with van der Waals surface area (Å²) in [5, 5.41) is -0.213. The van der Waals surface area contributed by atoms with Crippen LogP contribution in [0.4, 0.5) is 0 Å². The van der Waals surface area contributed by atoms with Crippen molar-refractivity contribution in [1.29, 1.82) is 0 Å². The van der Waals surface area contributed by atoms with Crippen molar-refractivity contribution in [2.24, 2.45) is 5.92 Å². The van der Waals surface area contributed by atoms with E-state index in [2.05, 4.69) is 13.8 Å². The van der Waals surface area contributed by atoms with Gasteiger partial charge in [0.05, 0.1) is 20.0 Å². The monoisotopic (exact) mass is 380 g/mol. The minimum atomic E-state index is -0.467. The number of amides is 2. The highest BCUT2D eigenvalue weighted by atomic mass is 32.2. The molecule has 0 radical (unpaired) electrons. The van der Waals surface area contributed by atoms with Crippen molar-refractivity contribution in [2.75, 3.05) is 34.1 Å². The van der Waals surface area contributed by atoms with E-state index in [1.54, 1.807) is 38.1 Å². The van der Waals surface area contributed by atoms with Gasteiger partial charge < -0.3 is 19.3 Å². The molecule has 0 N–H and O–H groups in total. The Morgan fingerprint density at radius 3 is 2.46 bits per heavy atom. The van der Waals surface area contributed by atoms with Crippen LogP contribution in [-0.2, 0) is 9.59 Å². The Morgan fingerprint density at radius 1 is 1.27 bits per heavy atom. The van der Waals surface area contributed by atoms with Crippen LogP contribution in [0.25, 0.3) is 0 Å². The number of benzene rings is 1. The molecule has 1 fully saturated rings. The molecule has 1 heterocycles. The van der Waals surface area contributed by atoms with Crippen molar-refractivity contribution in [3.05, 3.63) is 23.8 Å². The quantitative estimate of drug-likeness (QED) is 0.728. The zero-order valence-corrected chi connectivity index (χ0v) is 17.1. The number of carbonyl (C=O) groups excluding carboxylic acids is 2. The molecular formula is C19H28N2O4S. The van der Waals surface area contributed by atoms with Gasteiger partial charge in [0.2, 0.25) is 11.8 Å². The summed E-state index contributed by atoms with van der Waals surface area (Å²) in [6, 6.07) is 5.18. The number of carbonyl (C=O) groups is 2. The maximum Gasteiger partial charge on any atom is 0.244 e. The number of likely N-dealkylation sites (N-methyl/N-ethyl adjacent to an activating group) is 1. The molecule has 144 valence electrons. The topological polar surface area (TPSA) is 59.1 Å². The Morgan fingerprint density at radius 2 is 1.92 bits per heavy atom. The minimum absolute atomic E-state index is 0.00404. The van der Waals surface area contributed by atoms with Gasteiger partial charge in [-0.3, -0.25) is 9.59 Å². The van der Waals surface area contributed by atoms with Gasteiger partial charge in [0.1, 0.15) is 11.4 Å². The van der Waals surface area contributed by atoms with Gasteiger partial charge in [0, 0.05) is 14.1 Å². The lowest BCUT2D eigenvalue weighted by atomic mass is 10.00. The zero-order valence-electron chi connectivity index (χ0n) is 16.3. The first-order chi connectivity index (χ1) is 12.3. The smallest absolute Gasteiger partial charge is 0.244 e. The van der Waals surface area contributed by atoms with Crippen LogP contribution in [0.1, 0.15) is 31.2 Å². The van der Waals surface area contributed by atoms with Crippen LogP contribution in [0, 0.1) is 5.92 Å². The predicted octanol–water partition coefficient (Wildman–Crippen LogP) is 2.78. The Labute approximate surface area is 159 Å². The summed E-state index contributed by atoms with van der Waals surface area (Å²) >= 11 is 1.54. The van der Waals surface area contributed by atoms with Crippen LogP contribution in [0.15, 0.2) is 18.2 Å². The van der Waals surface area contributed by atoms with Gasteiger partial charge >= 0.3 is 0 Å². The molecule has 0 bridgehead atoms. The molecule has 26 heavy (non-hydrogen) atoms. The van der Waals surface area contributed by atoms with E-state index >= 15 is 0 Å². The van der Waals surface area contributed by atoms with Crippen molar-refractivity contribution < 1.29 is 19.1 Å². The number of methoxy groups -OCH3 is 2. The van der Waals surface area contributed by atoms with Gasteiger partial charge in [-0.25, -0.2) is 0 Å². The molecule has 2 atom stereocenters. The lowest BCUT2D eigenvalue weighted by Crippen LogP contribution is -2.48. The average Bonchev–Trinajstić information content (AvgIpc) is 2.99. The van der Waals surface area contributed by atoms with Crippen LogP contribution < -0.4 is 9.47 Å². The summed E-state index contributed by atoms with van der Waals surface area (Å²) in [5.74, 6) is 1.88. The fourth-order valence-corrected chi connectivity index (χ4v) is 4.33. The van der Waals surface area contributed by atoms with Gasteiger partial charge in [-0.1, -0.05) is 19.9 Å². The van der Waals surface area contributed by atoms with Gasteiger partial charge in [0.15, 0.2) is 11.5 Å². The average molecular weight is 381 g/mol. The first-order valence-corrected chi connectivity index (χ1v) is 9.70. The summed E-state index contributed by atoms with van der Waals surface area (Å²) in [5.41, 5.74) is 0.929. The van der Waals surface area contributed by atoms with Crippen LogP contribution >= 0.6 is 11.8 Å². The number of thioether (sulfide) groups is 1. The first-order valence-electron chi connectivity index (χ1n) is 8.66. The molecular weight excluding hydrogens is 352 g/mol. The fourth-order valence-electron chi connectivity index (χ4n) is 3.11. The highest BCUT2D eigenvalue weighted by Crippen LogP contribution is 2.43. The van der Waals surface area contributed by atoms with Crippen molar-refractivity contribution in [2.45, 2.75) is 31.7 Å². The third-order valence-corrected chi connectivity index (χ3v) is 5.58. The molecule has 1 saturated heterocycles. The third kappa shape index (κ3) is 4.26. The molecule has 1 aromatic carbocycles. The highest BCUT2D eigenvalue weighted by Gasteiger charge is 2.41. The first kappa shape index (κ1) is 20.4. The van der Waals surface area contributed by atoms with Gasteiger partial charge in [-0.2, -0.15) is 0 Å². The molecule has 2 amide bonds. The van der Waals surface area contributed by atoms with E-state index in [1.807, 2.05) is 18.2 Å². The maximum absolute atomic E-state index is 12.8. The van der Waals surface area contributed by atoms with Crippen molar-refractivity contribution in [3.8, 4) is 11.5 Å². The standard InChI is InChI=1S/C19H28N2O4S/c1-12(2)9-14(18(23)20(3)4)21-17(22)11-26-19(21)13-7-8-15(24-5)16(10-13)25-6/h7-8,10,12,14,19H,9,11H2,1-6H3/t14-,19-/m1/s1. The number of hydrogen-bond acceptors (Lipinski definition) is 5. The van der Waals surface area contributed by atoms with Gasteiger partial charge in [-0.05, 0) is 30.0 Å². The van der Waals surface area contributed by atoms with E-state index in [9.17, 15) is 9.59 Å². The van der Waals surface area contributed by atoms with Crippen molar-refractivity contribution in [3.63, 3.8) is 0 Å². The second-order valence-electron chi connectivity index (χ2n) is 6.96. The van der Waals surface area contributed by atoms with Crippen LogP contribution in [0.2, 0.25) is 0 Å². The lowest BCUT2D eigenvalue weighted by molar-refractivity contribution is -0.143. The van der Waals surface area contributed by atoms with E-state index in [0.29, 0.717) is 29.6 Å². The zero-order chi connectivity index (χ0) is 19.4. The Hall–Kier alpha value is -1.89. The number of hydrogen-bond donors (Lipinski definition) is 0. The summed E-state index contributed by atoms with van der Waals surface area (Å²) in [4.78, 5) is 28.8. The van der Waals surface area contributed by atoms with E-state index in [-0.39, 0.29) is 17.2 Å². The highest BCUT2D eigenvalue weighted by molar-refractivity contribution is 8.00. The minimum Gasteiger partial charge on any atom is -0.493 e. The Bertz CT molecular complexity index is 663. The molecule has 1 aliphatic rings. The Kier molecular flexibility index (Phi) is 6.81. The number of nitrogens with zero attached hydrogens (tertiary/aromatic N) is 2. The van der Waals surface area contributed by atoms with E-state index in [0.717, 1.165) is 5.56 Å². The maximum atomic E-state index is 12.8. The van der Waals surface area contributed by atoms with Crippen molar-refractivity contribution in [1.82, 2.24) is 9.80 Å². The normalized spacial score (nSPS) is 18.2. The molecule has 6 nitrogen and oxygen atoms in total. The summed E-state index contributed by atoms with van der Waals surface area (Å²) in [6.07, 6.45) is 0.632. The Balaban J connectivity index is 2.41. The van der Waals surface area contributed by atoms with E-state index in [4.69, 9.17) is 9.47 Å². The number of ether oxygens (including phenoxy) is 2.